The van der Waals surface area contributed by atoms with E-state index in [-0.39, 0.29) is 24.5 Å². The minimum absolute atomic E-state index is 0.0876. The van der Waals surface area contributed by atoms with Crippen LogP contribution < -0.4 is 10.1 Å². The van der Waals surface area contributed by atoms with Crippen LogP contribution >= 0.6 is 11.5 Å². The number of methoxy groups -OCH3 is 1. The lowest BCUT2D eigenvalue weighted by Gasteiger charge is -2.16. The van der Waals surface area contributed by atoms with E-state index in [0.717, 1.165) is 40.6 Å². The van der Waals surface area contributed by atoms with Gasteiger partial charge in [0.05, 0.1) is 40.5 Å². The average Bonchev–Trinajstić information content (AvgIpc) is 3.42. The fourth-order valence-corrected chi connectivity index (χ4v) is 4.66. The van der Waals surface area contributed by atoms with Crippen LogP contribution in [0.25, 0.3) is 32.6 Å². The van der Waals surface area contributed by atoms with Crippen molar-refractivity contribution in [1.29, 1.82) is 0 Å². The molecule has 10 heteroatoms. The first-order valence-corrected chi connectivity index (χ1v) is 11.0. The number of nitrogens with zero attached hydrogens (tertiary/aromatic N) is 4. The zero-order valence-electron chi connectivity index (χ0n) is 17.6. The largest absolute Gasteiger partial charge is 0.490 e. The van der Waals surface area contributed by atoms with Crippen molar-refractivity contribution < 1.29 is 18.3 Å². The first-order chi connectivity index (χ1) is 15.6. The minimum Gasteiger partial charge on any atom is -0.490 e. The Labute approximate surface area is 187 Å². The normalized spacial score (nSPS) is 13.5. The summed E-state index contributed by atoms with van der Waals surface area (Å²) in [4.78, 5) is 4.80. The van der Waals surface area contributed by atoms with Crippen LogP contribution in [-0.2, 0) is 17.8 Å². The summed E-state index contributed by atoms with van der Waals surface area (Å²) in [5, 5.41) is 8.78. The van der Waals surface area contributed by atoms with E-state index in [9.17, 15) is 4.39 Å². The van der Waals surface area contributed by atoms with Gasteiger partial charge in [-0.1, -0.05) is 0 Å². The lowest BCUT2D eigenvalue weighted by molar-refractivity contribution is 0.146. The molecule has 7 nitrogen and oxygen atoms in total. The van der Waals surface area contributed by atoms with Crippen LogP contribution in [0.15, 0.2) is 24.4 Å². The molecule has 0 saturated heterocycles. The first-order valence-electron chi connectivity index (χ1n) is 10.2. The van der Waals surface area contributed by atoms with E-state index in [1.54, 1.807) is 6.20 Å². The molecule has 0 unspecified atom stereocenters. The van der Waals surface area contributed by atoms with Crippen molar-refractivity contribution in [3.63, 3.8) is 0 Å². The van der Waals surface area contributed by atoms with Gasteiger partial charge in [0, 0.05) is 49.5 Å². The Morgan fingerprint density at radius 1 is 1.19 bits per heavy atom. The topological polar surface area (TPSA) is 74.1 Å². The maximum Gasteiger partial charge on any atom is 0.137 e. The third-order valence-electron chi connectivity index (χ3n) is 5.41. The predicted octanol–water partition coefficient (Wildman–Crippen LogP) is 3.94. The van der Waals surface area contributed by atoms with Gasteiger partial charge in [-0.25, -0.2) is 13.8 Å². The Balaban J connectivity index is 1.78. The van der Waals surface area contributed by atoms with Crippen LogP contribution in [0.5, 0.6) is 5.75 Å². The first kappa shape index (κ1) is 20.9. The average molecular weight is 458 g/mol. The van der Waals surface area contributed by atoms with Crippen LogP contribution in [0.1, 0.15) is 11.4 Å². The smallest absolute Gasteiger partial charge is 0.137 e. The van der Waals surface area contributed by atoms with Gasteiger partial charge in [0.15, 0.2) is 0 Å². The number of nitrogens with one attached hydrogen (secondary N) is 1. The summed E-state index contributed by atoms with van der Waals surface area (Å²) in [5.74, 6) is -1.37. The second-order valence-electron chi connectivity index (χ2n) is 7.51. The number of rotatable bonds is 6. The highest BCUT2D eigenvalue weighted by molar-refractivity contribution is 7.13. The third-order valence-corrected chi connectivity index (χ3v) is 6.32. The number of fused-ring (bicyclic) bond motifs is 2. The van der Waals surface area contributed by atoms with E-state index in [1.165, 1.54) is 24.7 Å². The van der Waals surface area contributed by atoms with Gasteiger partial charge >= 0.3 is 0 Å². The number of hydrogen-bond donors (Lipinski definition) is 1. The highest BCUT2D eigenvalue weighted by Gasteiger charge is 2.26. The van der Waals surface area contributed by atoms with Gasteiger partial charge in [0.25, 0.3) is 0 Å². The van der Waals surface area contributed by atoms with Gasteiger partial charge in [-0.2, -0.15) is 9.47 Å². The maximum atomic E-state index is 15.3. The summed E-state index contributed by atoms with van der Waals surface area (Å²) in [5.41, 5.74) is 3.57. The molecule has 1 aromatic carbocycles. The standard InChI is InChI=1S/C22H21F2N5O2S/c1-12-22-15(11-26-32-22)19(20-16(24)7-13(23)8-18(20)31-6-5-30-2)21(27-12)17-9-14-10-25-3-4-29(14)28-17/h7-9,11,25H,3-6,10H2,1-2H3. The van der Waals surface area contributed by atoms with E-state index >= 15 is 4.39 Å². The SMILES string of the molecule is COCCOc1cc(F)cc(F)c1-c1c(-c2cc3n(n2)CCNC3)nc(C)c2sncc12. The molecule has 0 amide bonds. The molecular weight excluding hydrogens is 436 g/mol. The molecule has 166 valence electrons. The quantitative estimate of drug-likeness (QED) is 0.442. The third kappa shape index (κ3) is 3.64. The molecule has 0 aliphatic carbocycles. The second kappa shape index (κ2) is 8.53. The highest BCUT2D eigenvalue weighted by atomic mass is 32.1. The Bertz CT molecular complexity index is 1280. The zero-order chi connectivity index (χ0) is 22.2. The van der Waals surface area contributed by atoms with Gasteiger partial charge in [-0.3, -0.25) is 4.68 Å². The molecule has 3 aromatic heterocycles. The summed E-state index contributed by atoms with van der Waals surface area (Å²) < 4.78 is 47.3. The second-order valence-corrected chi connectivity index (χ2v) is 8.31. The predicted molar refractivity (Wildman–Crippen MR) is 118 cm³/mol. The fourth-order valence-electron chi connectivity index (χ4n) is 3.97. The summed E-state index contributed by atoms with van der Waals surface area (Å²) in [6.07, 6.45) is 1.69. The monoisotopic (exact) mass is 457 g/mol. The summed E-state index contributed by atoms with van der Waals surface area (Å²) in [6.45, 7) is 4.58. The molecule has 1 N–H and O–H groups in total. The van der Waals surface area contributed by atoms with Gasteiger partial charge < -0.3 is 14.8 Å². The van der Waals surface area contributed by atoms with Crippen molar-refractivity contribution >= 4 is 21.6 Å². The Morgan fingerprint density at radius 3 is 2.88 bits per heavy atom. The summed E-state index contributed by atoms with van der Waals surface area (Å²) in [6, 6.07) is 4.00. The minimum atomic E-state index is -0.734. The molecule has 4 aromatic rings. The molecule has 0 spiro atoms. The molecule has 0 fully saturated rings. The number of ether oxygens (including phenoxy) is 2. The molecule has 4 heterocycles. The lowest BCUT2D eigenvalue weighted by Crippen LogP contribution is -2.28. The lowest BCUT2D eigenvalue weighted by atomic mass is 9.96. The van der Waals surface area contributed by atoms with E-state index < -0.39 is 11.6 Å². The van der Waals surface area contributed by atoms with Crippen molar-refractivity contribution in [3.05, 3.63) is 47.4 Å². The maximum absolute atomic E-state index is 15.3. The van der Waals surface area contributed by atoms with Gasteiger partial charge in [0.2, 0.25) is 0 Å². The van der Waals surface area contributed by atoms with Gasteiger partial charge in [-0.05, 0) is 24.5 Å². The molecule has 5 rings (SSSR count). The Hall–Kier alpha value is -2.95. The van der Waals surface area contributed by atoms with Crippen molar-refractivity contribution in [1.82, 2.24) is 24.5 Å². The molecule has 0 atom stereocenters. The number of benzene rings is 1. The van der Waals surface area contributed by atoms with Crippen molar-refractivity contribution in [3.8, 4) is 28.3 Å². The molecule has 0 bridgehead atoms. The number of hydrogen-bond acceptors (Lipinski definition) is 7. The highest BCUT2D eigenvalue weighted by Crippen LogP contribution is 2.44. The molecule has 1 aliphatic rings. The summed E-state index contributed by atoms with van der Waals surface area (Å²) in [7, 11) is 1.54. The van der Waals surface area contributed by atoms with E-state index in [1.807, 2.05) is 17.7 Å². The van der Waals surface area contributed by atoms with Crippen molar-refractivity contribution in [2.24, 2.45) is 0 Å². The van der Waals surface area contributed by atoms with E-state index in [0.29, 0.717) is 23.5 Å². The van der Waals surface area contributed by atoms with Crippen molar-refractivity contribution in [2.45, 2.75) is 20.0 Å². The van der Waals surface area contributed by atoms with Crippen LogP contribution in [0.4, 0.5) is 8.78 Å². The van der Waals surface area contributed by atoms with Gasteiger partial charge in [0.1, 0.15) is 29.7 Å². The fraction of sp³-hybridized carbons (Fsp3) is 0.318. The zero-order valence-corrected chi connectivity index (χ0v) is 18.4. The van der Waals surface area contributed by atoms with Gasteiger partial charge in [-0.15, -0.1) is 0 Å². The number of pyridine rings is 1. The number of halogens is 2. The summed E-state index contributed by atoms with van der Waals surface area (Å²) >= 11 is 1.28. The van der Waals surface area contributed by atoms with Crippen LogP contribution in [0, 0.1) is 18.6 Å². The van der Waals surface area contributed by atoms with E-state index in [4.69, 9.17) is 19.6 Å². The Morgan fingerprint density at radius 2 is 2.06 bits per heavy atom. The number of aryl methyl sites for hydroxylation is 1. The molecule has 0 saturated carbocycles. The molecule has 32 heavy (non-hydrogen) atoms. The van der Waals surface area contributed by atoms with E-state index in [2.05, 4.69) is 9.69 Å². The van der Waals surface area contributed by atoms with Crippen LogP contribution in [0.3, 0.4) is 0 Å². The molecule has 0 radical (unpaired) electrons. The van der Waals surface area contributed by atoms with Crippen LogP contribution in [-0.4, -0.2) is 46.0 Å². The molecule has 1 aliphatic heterocycles. The van der Waals surface area contributed by atoms with Crippen LogP contribution in [0.2, 0.25) is 0 Å². The molecular formula is C22H21F2N5O2S. The Kier molecular flexibility index (Phi) is 5.58. The number of aromatic nitrogens is 4. The van der Waals surface area contributed by atoms with Crippen molar-refractivity contribution in [2.75, 3.05) is 26.9 Å².